The fraction of sp³-hybridized carbons (Fsp3) is 0.0800. The number of anilines is 1. The van der Waals surface area contributed by atoms with Crippen LogP contribution in [0.15, 0.2) is 91.0 Å². The molecule has 0 amide bonds. The van der Waals surface area contributed by atoms with Crippen LogP contribution in [0, 0.1) is 0 Å². The van der Waals surface area contributed by atoms with Gasteiger partial charge in [-0.2, -0.15) is 0 Å². The Morgan fingerprint density at radius 2 is 1.37 bits per heavy atom. The van der Waals surface area contributed by atoms with Crippen LogP contribution in [0.5, 0.6) is 0 Å². The van der Waals surface area contributed by atoms with Crippen LogP contribution in [0.25, 0.3) is 21.9 Å². The maximum absolute atomic E-state index is 13.2. The second kappa shape index (κ2) is 7.08. The Bertz CT molecular complexity index is 1100. The molecule has 0 fully saturated rings. The zero-order valence-electron chi connectivity index (χ0n) is 15.5. The van der Waals surface area contributed by atoms with E-state index in [1.165, 1.54) is 0 Å². The smallest absolute Gasteiger partial charge is 0.193 e. The summed E-state index contributed by atoms with van der Waals surface area (Å²) in [5.41, 5.74) is 4.76. The van der Waals surface area contributed by atoms with E-state index in [4.69, 9.17) is 0 Å². The molecule has 4 aromatic carbocycles. The van der Waals surface area contributed by atoms with E-state index in [1.54, 1.807) is 0 Å². The molecule has 0 radical (unpaired) electrons. The summed E-state index contributed by atoms with van der Waals surface area (Å²) in [5.74, 6) is 0.0542. The molecule has 2 heteroatoms. The van der Waals surface area contributed by atoms with Gasteiger partial charge in [0.1, 0.15) is 0 Å². The molecule has 0 aliphatic carbocycles. The average Bonchev–Trinajstić information content (AvgIpc) is 2.73. The van der Waals surface area contributed by atoms with Crippen molar-refractivity contribution < 1.29 is 4.79 Å². The Labute approximate surface area is 159 Å². The number of carbonyl (C=O) groups excluding carboxylic acids is 1. The van der Waals surface area contributed by atoms with E-state index in [2.05, 4.69) is 41.3 Å². The van der Waals surface area contributed by atoms with Gasteiger partial charge in [0, 0.05) is 30.9 Å². The van der Waals surface area contributed by atoms with E-state index < -0.39 is 0 Å². The Morgan fingerprint density at radius 1 is 0.704 bits per heavy atom. The van der Waals surface area contributed by atoms with Crippen LogP contribution in [0.4, 0.5) is 5.69 Å². The molecule has 0 saturated heterocycles. The van der Waals surface area contributed by atoms with Crippen LogP contribution >= 0.6 is 0 Å². The van der Waals surface area contributed by atoms with Gasteiger partial charge in [-0.25, -0.2) is 0 Å². The third-order valence-corrected chi connectivity index (χ3v) is 4.86. The number of fused-ring (bicyclic) bond motifs is 1. The van der Waals surface area contributed by atoms with Gasteiger partial charge >= 0.3 is 0 Å². The van der Waals surface area contributed by atoms with E-state index in [-0.39, 0.29) is 5.78 Å². The quantitative estimate of drug-likeness (QED) is 0.433. The second-order valence-electron chi connectivity index (χ2n) is 6.88. The monoisotopic (exact) mass is 351 g/mol. The topological polar surface area (TPSA) is 20.3 Å². The number of ketones is 1. The van der Waals surface area contributed by atoms with Gasteiger partial charge in [-0.15, -0.1) is 0 Å². The second-order valence-corrected chi connectivity index (χ2v) is 6.88. The number of rotatable bonds is 4. The minimum Gasteiger partial charge on any atom is -0.378 e. The summed E-state index contributed by atoms with van der Waals surface area (Å²) in [6.07, 6.45) is 0. The van der Waals surface area contributed by atoms with E-state index in [9.17, 15) is 4.79 Å². The standard InChI is InChI=1S/C25H21NO/c1-26(2)22-14-12-18(13-15-22)21-16-20-10-6-7-11-23(20)24(17-21)25(27)19-8-4-3-5-9-19/h3-17H,1-2H3. The Kier molecular flexibility index (Phi) is 4.47. The molecule has 0 aliphatic heterocycles. The number of nitrogens with zero attached hydrogens (tertiary/aromatic N) is 1. The molecule has 4 aromatic rings. The first-order chi connectivity index (χ1) is 13.1. The molecule has 0 saturated carbocycles. The number of hydrogen-bond acceptors (Lipinski definition) is 2. The van der Waals surface area contributed by atoms with Crippen LogP contribution < -0.4 is 4.90 Å². The first-order valence-electron chi connectivity index (χ1n) is 9.04. The minimum atomic E-state index is 0.0542. The predicted molar refractivity (Wildman–Crippen MR) is 114 cm³/mol. The highest BCUT2D eigenvalue weighted by molar-refractivity contribution is 6.17. The molecule has 0 N–H and O–H groups in total. The van der Waals surface area contributed by atoms with Crippen molar-refractivity contribution in [1.29, 1.82) is 0 Å². The van der Waals surface area contributed by atoms with Gasteiger partial charge in [0.05, 0.1) is 0 Å². The molecule has 0 spiro atoms. The maximum atomic E-state index is 13.2. The summed E-state index contributed by atoms with van der Waals surface area (Å²) in [6.45, 7) is 0. The highest BCUT2D eigenvalue weighted by Crippen LogP contribution is 2.30. The highest BCUT2D eigenvalue weighted by atomic mass is 16.1. The molecule has 0 atom stereocenters. The van der Waals surface area contributed by atoms with E-state index in [1.807, 2.05) is 68.7 Å². The molecule has 0 aliphatic rings. The molecule has 27 heavy (non-hydrogen) atoms. The van der Waals surface area contributed by atoms with Crippen molar-refractivity contribution in [1.82, 2.24) is 0 Å². The Morgan fingerprint density at radius 3 is 2.07 bits per heavy atom. The van der Waals surface area contributed by atoms with Crippen LogP contribution in [0.3, 0.4) is 0 Å². The van der Waals surface area contributed by atoms with Crippen molar-refractivity contribution in [3.63, 3.8) is 0 Å². The van der Waals surface area contributed by atoms with Crippen LogP contribution in [-0.4, -0.2) is 19.9 Å². The molecule has 0 unspecified atom stereocenters. The molecule has 2 nitrogen and oxygen atoms in total. The van der Waals surface area contributed by atoms with Crippen molar-refractivity contribution in [2.24, 2.45) is 0 Å². The lowest BCUT2D eigenvalue weighted by Crippen LogP contribution is -2.08. The van der Waals surface area contributed by atoms with E-state index in [0.29, 0.717) is 5.56 Å². The minimum absolute atomic E-state index is 0.0542. The lowest BCUT2D eigenvalue weighted by Gasteiger charge is -2.14. The number of benzene rings is 4. The van der Waals surface area contributed by atoms with Crippen molar-refractivity contribution >= 4 is 22.2 Å². The Hall–Kier alpha value is -3.39. The largest absolute Gasteiger partial charge is 0.378 e. The SMILES string of the molecule is CN(C)c1ccc(-c2cc(C(=O)c3ccccc3)c3ccccc3c2)cc1. The lowest BCUT2D eigenvalue weighted by atomic mass is 9.92. The molecule has 0 bridgehead atoms. The lowest BCUT2D eigenvalue weighted by molar-refractivity contribution is 0.104. The molecule has 4 rings (SSSR count). The number of carbonyl (C=O) groups is 1. The Balaban J connectivity index is 1.87. The zero-order chi connectivity index (χ0) is 18.8. The number of hydrogen-bond donors (Lipinski definition) is 0. The van der Waals surface area contributed by atoms with Crippen LogP contribution in [0.2, 0.25) is 0 Å². The van der Waals surface area contributed by atoms with Crippen LogP contribution in [0.1, 0.15) is 15.9 Å². The van der Waals surface area contributed by atoms with Gasteiger partial charge in [0.25, 0.3) is 0 Å². The summed E-state index contributed by atoms with van der Waals surface area (Å²) in [4.78, 5) is 15.3. The average molecular weight is 351 g/mol. The van der Waals surface area contributed by atoms with Gasteiger partial charge in [-0.05, 0) is 46.2 Å². The first-order valence-corrected chi connectivity index (χ1v) is 9.04. The van der Waals surface area contributed by atoms with Crippen LogP contribution in [-0.2, 0) is 0 Å². The van der Waals surface area contributed by atoms with Gasteiger partial charge in [0.15, 0.2) is 5.78 Å². The fourth-order valence-corrected chi connectivity index (χ4v) is 3.36. The van der Waals surface area contributed by atoms with Crippen molar-refractivity contribution in [3.8, 4) is 11.1 Å². The summed E-state index contributed by atoms with van der Waals surface area (Å²) in [6, 6.07) is 30.1. The van der Waals surface area contributed by atoms with Gasteiger partial charge in [-0.1, -0.05) is 66.7 Å². The first kappa shape index (κ1) is 17.0. The molecule has 132 valence electrons. The molecular weight excluding hydrogens is 330 g/mol. The molecular formula is C25H21NO. The summed E-state index contributed by atoms with van der Waals surface area (Å²) >= 11 is 0. The van der Waals surface area contributed by atoms with Crippen molar-refractivity contribution in [2.75, 3.05) is 19.0 Å². The predicted octanol–water partition coefficient (Wildman–Crippen LogP) is 5.80. The fourth-order valence-electron chi connectivity index (χ4n) is 3.36. The maximum Gasteiger partial charge on any atom is 0.193 e. The summed E-state index contributed by atoms with van der Waals surface area (Å²) in [7, 11) is 4.06. The van der Waals surface area contributed by atoms with Gasteiger partial charge < -0.3 is 4.90 Å². The van der Waals surface area contributed by atoms with Gasteiger partial charge in [0.2, 0.25) is 0 Å². The molecule has 0 aromatic heterocycles. The van der Waals surface area contributed by atoms with Gasteiger partial charge in [-0.3, -0.25) is 4.79 Å². The zero-order valence-corrected chi connectivity index (χ0v) is 15.5. The highest BCUT2D eigenvalue weighted by Gasteiger charge is 2.14. The van der Waals surface area contributed by atoms with Crippen molar-refractivity contribution in [3.05, 3.63) is 102 Å². The van der Waals surface area contributed by atoms with E-state index >= 15 is 0 Å². The normalized spacial score (nSPS) is 10.7. The summed E-state index contributed by atoms with van der Waals surface area (Å²) < 4.78 is 0. The third-order valence-electron chi connectivity index (χ3n) is 4.86. The third kappa shape index (κ3) is 3.34. The van der Waals surface area contributed by atoms with E-state index in [0.717, 1.165) is 33.2 Å². The summed E-state index contributed by atoms with van der Waals surface area (Å²) in [5, 5.41) is 2.06. The molecule has 0 heterocycles. The van der Waals surface area contributed by atoms with Crippen molar-refractivity contribution in [2.45, 2.75) is 0 Å².